The maximum absolute atomic E-state index is 2.43. The molecular formula is C134H86N6. The standard InChI is InChI=1S/C46H30N2.2C44H28N2/c1-2-11-31(12-3-1)34-15-10-16-37(27-34)47-43-19-8-6-17-39(43)41-29-35(22-25-45(41)47)36-23-26-46-42(30-36)40-18-7-9-20-44(40)48(46)38-24-21-32-13-4-5-14-33(32)28-38;1-3-15-33-29(11-1)13-9-21-39(33)45-41-19-7-5-17-35(41)37-27-31(23-25-43(37)45)32-24-26-44-38(28-32)36-18-6-8-20-42(36)46(44)40-22-10-14-30-12-2-4-16-34(30)40;1-3-11-31-25-35(21-17-29(31)9-1)45-41-15-7-5-13-37(41)39-27-33(19-23-43(39)45)34-20-24-44-40(28-34)38-14-6-8-16-42(38)46(44)36-22-18-30-10-2-4-12-32(30)26-36/h1-30H;2*1-28H. The highest BCUT2D eigenvalue weighted by Crippen LogP contribution is 2.46. The summed E-state index contributed by atoms with van der Waals surface area (Å²) >= 11 is 0. The largest absolute Gasteiger partial charge is 0.309 e. The summed E-state index contributed by atoms with van der Waals surface area (Å²) in [5, 5.41) is 27.7. The Labute approximate surface area is 806 Å². The Morgan fingerprint density at radius 3 is 0.607 bits per heavy atom. The summed E-state index contributed by atoms with van der Waals surface area (Å²) < 4.78 is 14.5. The van der Waals surface area contributed by atoms with Gasteiger partial charge in [0.1, 0.15) is 0 Å². The quantitative estimate of drug-likeness (QED) is 0.131. The third kappa shape index (κ3) is 13.1. The summed E-state index contributed by atoms with van der Waals surface area (Å²) in [5.41, 5.74) is 31.5. The third-order valence-electron chi connectivity index (χ3n) is 29.2. The van der Waals surface area contributed by atoms with Crippen LogP contribution in [0.25, 0.3) is 263 Å². The van der Waals surface area contributed by atoms with E-state index in [1.54, 1.807) is 0 Å². The van der Waals surface area contributed by atoms with Gasteiger partial charge in [0.25, 0.3) is 0 Å². The molecule has 6 nitrogen and oxygen atoms in total. The first kappa shape index (κ1) is 79.9. The highest BCUT2D eigenvalue weighted by atomic mass is 15.0. The van der Waals surface area contributed by atoms with Crippen LogP contribution in [-0.4, -0.2) is 27.4 Å². The molecule has 0 saturated carbocycles. The van der Waals surface area contributed by atoms with Crippen molar-refractivity contribution in [2.45, 2.75) is 0 Å². The molecule has 24 aromatic carbocycles. The number of benzene rings is 24. The lowest BCUT2D eigenvalue weighted by atomic mass is 10.0. The number of hydrogen-bond acceptors (Lipinski definition) is 0. The van der Waals surface area contributed by atoms with Gasteiger partial charge in [0.05, 0.1) is 77.6 Å². The Kier molecular flexibility index (Phi) is 18.6. The number of para-hydroxylation sites is 6. The van der Waals surface area contributed by atoms with Crippen molar-refractivity contribution >= 4 is 185 Å². The molecule has 6 heterocycles. The molecule has 30 rings (SSSR count). The highest BCUT2D eigenvalue weighted by molar-refractivity contribution is 6.18. The van der Waals surface area contributed by atoms with Crippen LogP contribution in [-0.2, 0) is 0 Å². The second-order valence-corrected chi connectivity index (χ2v) is 37.0. The minimum atomic E-state index is 1.17. The molecule has 0 saturated heterocycles. The molecular weight excluding hydrogens is 1690 g/mol. The summed E-state index contributed by atoms with van der Waals surface area (Å²) in [6, 6.07) is 190. The lowest BCUT2D eigenvalue weighted by Crippen LogP contribution is -1.95. The zero-order valence-corrected chi connectivity index (χ0v) is 76.3. The first-order chi connectivity index (χ1) is 69.4. The van der Waals surface area contributed by atoms with Crippen molar-refractivity contribution < 1.29 is 0 Å². The van der Waals surface area contributed by atoms with Crippen molar-refractivity contribution in [3.63, 3.8) is 0 Å². The van der Waals surface area contributed by atoms with E-state index in [4.69, 9.17) is 0 Å². The van der Waals surface area contributed by atoms with Crippen molar-refractivity contribution in [3.8, 4) is 78.6 Å². The minimum absolute atomic E-state index is 1.17. The Morgan fingerprint density at radius 2 is 0.300 bits per heavy atom. The first-order valence-corrected chi connectivity index (χ1v) is 48.2. The van der Waals surface area contributed by atoms with Crippen LogP contribution < -0.4 is 0 Å². The zero-order chi connectivity index (χ0) is 92.0. The van der Waals surface area contributed by atoms with Crippen LogP contribution in [0.15, 0.2) is 522 Å². The van der Waals surface area contributed by atoms with E-state index in [1.807, 2.05) is 0 Å². The third-order valence-corrected chi connectivity index (χ3v) is 29.2. The monoisotopic (exact) mass is 1780 g/mol. The van der Waals surface area contributed by atoms with Crippen LogP contribution in [0, 0.1) is 0 Å². The Morgan fingerprint density at radius 1 is 0.0929 bits per heavy atom. The van der Waals surface area contributed by atoms with Gasteiger partial charge in [0.15, 0.2) is 0 Å². The lowest BCUT2D eigenvalue weighted by molar-refractivity contribution is 1.18. The molecule has 652 valence electrons. The molecule has 0 N–H and O–H groups in total. The van der Waals surface area contributed by atoms with Gasteiger partial charge < -0.3 is 27.4 Å². The molecule has 140 heavy (non-hydrogen) atoms. The van der Waals surface area contributed by atoms with E-state index in [9.17, 15) is 0 Å². The number of aromatic nitrogens is 6. The van der Waals surface area contributed by atoms with Gasteiger partial charge in [-0.3, -0.25) is 0 Å². The average molecular weight is 1780 g/mol. The molecule has 0 amide bonds. The summed E-state index contributed by atoms with van der Waals surface area (Å²) in [6.45, 7) is 0. The Bertz CT molecular complexity index is 9920. The lowest BCUT2D eigenvalue weighted by Gasteiger charge is -2.12. The van der Waals surface area contributed by atoms with E-state index in [0.29, 0.717) is 0 Å². The molecule has 6 aromatic heterocycles. The molecule has 0 fully saturated rings. The molecule has 30 aromatic rings. The van der Waals surface area contributed by atoms with Gasteiger partial charge in [-0.15, -0.1) is 0 Å². The van der Waals surface area contributed by atoms with Crippen molar-refractivity contribution in [2.75, 3.05) is 0 Å². The summed E-state index contributed by atoms with van der Waals surface area (Å²) in [6.07, 6.45) is 0. The number of rotatable bonds is 10. The topological polar surface area (TPSA) is 29.6 Å². The predicted molar refractivity (Wildman–Crippen MR) is 595 cm³/mol. The number of fused-ring (bicyclic) bond motifs is 23. The molecule has 0 bridgehead atoms. The van der Waals surface area contributed by atoms with Crippen molar-refractivity contribution in [2.24, 2.45) is 0 Å². The fourth-order valence-electron chi connectivity index (χ4n) is 22.8. The fraction of sp³-hybridized carbons (Fsp3) is 0. The van der Waals surface area contributed by atoms with E-state index in [2.05, 4.69) is 549 Å². The summed E-state index contributed by atoms with van der Waals surface area (Å²) in [4.78, 5) is 0. The Balaban J connectivity index is 0.000000103. The molecule has 0 spiro atoms. The summed E-state index contributed by atoms with van der Waals surface area (Å²) in [5.74, 6) is 0. The normalized spacial score (nSPS) is 11.9. The van der Waals surface area contributed by atoms with Crippen LogP contribution >= 0.6 is 0 Å². The van der Waals surface area contributed by atoms with Gasteiger partial charge in [0.2, 0.25) is 0 Å². The van der Waals surface area contributed by atoms with Crippen LogP contribution in [0.5, 0.6) is 0 Å². The van der Waals surface area contributed by atoms with Gasteiger partial charge in [-0.1, -0.05) is 352 Å². The molecule has 0 aliphatic heterocycles. The van der Waals surface area contributed by atoms with E-state index in [-0.39, 0.29) is 0 Å². The molecule has 0 radical (unpaired) electrons. The van der Waals surface area contributed by atoms with E-state index in [1.165, 1.54) is 263 Å². The van der Waals surface area contributed by atoms with Crippen LogP contribution in [0.1, 0.15) is 0 Å². The molecule has 0 aliphatic carbocycles. The van der Waals surface area contributed by atoms with Crippen LogP contribution in [0.3, 0.4) is 0 Å². The fourth-order valence-corrected chi connectivity index (χ4v) is 22.8. The van der Waals surface area contributed by atoms with Crippen molar-refractivity contribution in [3.05, 3.63) is 522 Å². The van der Waals surface area contributed by atoms with Crippen molar-refractivity contribution in [1.29, 1.82) is 0 Å². The van der Waals surface area contributed by atoms with Crippen LogP contribution in [0.2, 0.25) is 0 Å². The minimum Gasteiger partial charge on any atom is -0.309 e. The van der Waals surface area contributed by atoms with Gasteiger partial charge in [-0.05, 0) is 257 Å². The van der Waals surface area contributed by atoms with Gasteiger partial charge in [-0.2, -0.15) is 0 Å². The highest BCUT2D eigenvalue weighted by Gasteiger charge is 2.24. The second kappa shape index (κ2) is 32.6. The first-order valence-electron chi connectivity index (χ1n) is 48.2. The smallest absolute Gasteiger partial charge is 0.0541 e. The number of nitrogens with zero attached hydrogens (tertiary/aromatic N) is 6. The van der Waals surface area contributed by atoms with E-state index < -0.39 is 0 Å². The van der Waals surface area contributed by atoms with Gasteiger partial charge in [-0.25, -0.2) is 0 Å². The average Bonchev–Trinajstić information content (AvgIpc) is 1.58. The van der Waals surface area contributed by atoms with Gasteiger partial charge in [0, 0.05) is 98.2 Å². The van der Waals surface area contributed by atoms with Gasteiger partial charge >= 0.3 is 0 Å². The zero-order valence-electron chi connectivity index (χ0n) is 76.3. The molecule has 0 aliphatic rings. The van der Waals surface area contributed by atoms with E-state index >= 15 is 0 Å². The SMILES string of the molecule is c1ccc(-c2cccc(-n3c4ccccc4c4cc(-c5ccc6c(c5)c5ccccc5n6-c5ccc6ccccc6c5)ccc43)c2)cc1.c1ccc2c(-n3c4ccccc4c4cc(-c5ccc6c(c5)c5ccccc5n6-c5cccc6ccccc56)ccc43)cccc2c1.c1ccc2cc(-n3c4ccccc4c4cc(-c5ccc6c(c5)c5ccccc5n6-c5ccc6ccccc6c5)ccc43)ccc2c1. The summed E-state index contributed by atoms with van der Waals surface area (Å²) in [7, 11) is 0. The van der Waals surface area contributed by atoms with E-state index in [0.717, 1.165) is 0 Å². The Hall–Kier alpha value is -18.6. The van der Waals surface area contributed by atoms with Crippen LogP contribution in [0.4, 0.5) is 0 Å². The maximum atomic E-state index is 2.43. The second-order valence-electron chi connectivity index (χ2n) is 37.0. The molecule has 6 heteroatoms. The predicted octanol–water partition coefficient (Wildman–Crippen LogP) is 36.1. The van der Waals surface area contributed by atoms with Crippen molar-refractivity contribution in [1.82, 2.24) is 27.4 Å². The number of hydrogen-bond donors (Lipinski definition) is 0. The maximum Gasteiger partial charge on any atom is 0.0541 e. The molecule has 0 unspecified atom stereocenters. The molecule has 0 atom stereocenters.